The summed E-state index contributed by atoms with van der Waals surface area (Å²) in [6.45, 7) is 0.281. The van der Waals surface area contributed by atoms with E-state index < -0.39 is 12.3 Å². The van der Waals surface area contributed by atoms with Crippen molar-refractivity contribution in [3.8, 4) is 16.9 Å². The molecular weight excluding hydrogens is 501 g/mol. The third-order valence-corrected chi connectivity index (χ3v) is 7.67. The summed E-state index contributed by atoms with van der Waals surface area (Å²) >= 11 is 0. The van der Waals surface area contributed by atoms with Crippen molar-refractivity contribution in [1.29, 1.82) is 0 Å². The van der Waals surface area contributed by atoms with Crippen LogP contribution >= 0.6 is 0 Å². The van der Waals surface area contributed by atoms with Gasteiger partial charge in [0, 0.05) is 40.7 Å². The summed E-state index contributed by atoms with van der Waals surface area (Å²) in [7, 11) is 0. The highest BCUT2D eigenvalue weighted by atomic mass is 19.4. The van der Waals surface area contributed by atoms with E-state index in [0.29, 0.717) is 22.9 Å². The minimum Gasteiger partial charge on any atom is -0.476 e. The van der Waals surface area contributed by atoms with E-state index in [-0.39, 0.29) is 36.2 Å². The Balaban J connectivity index is 1.20. The topological polar surface area (TPSA) is 101 Å². The zero-order chi connectivity index (χ0) is 26.4. The molecule has 8 nitrogen and oxygen atoms in total. The Bertz CT molecular complexity index is 1330. The van der Waals surface area contributed by atoms with Crippen molar-refractivity contribution < 1.29 is 32.5 Å². The van der Waals surface area contributed by atoms with Gasteiger partial charge in [-0.05, 0) is 50.5 Å². The second kappa shape index (κ2) is 9.61. The number of hydrogen-bond donors (Lipinski definition) is 2. The first-order valence-corrected chi connectivity index (χ1v) is 12.8. The molecule has 200 valence electrons. The zero-order valence-corrected chi connectivity index (χ0v) is 20.4. The van der Waals surface area contributed by atoms with Crippen molar-refractivity contribution in [3.05, 3.63) is 59.8 Å². The van der Waals surface area contributed by atoms with Crippen LogP contribution in [0.25, 0.3) is 11.1 Å². The molecule has 2 atom stereocenters. The molecule has 6 rings (SSSR count). The number of halogens is 3. The summed E-state index contributed by atoms with van der Waals surface area (Å²) in [5, 5.41) is 9.29. The maximum atomic E-state index is 13.1. The number of benzene rings is 1. The molecule has 1 aromatic carbocycles. The molecule has 0 spiro atoms. The standard InChI is InChI=1S/C27H27F3N4O4/c28-27(29,30)38-23-4-2-1-3-19(23)20-11-32-25(15-5-6-15)21(20)14-37-18-9-16-7-8-17(10-18)34(16)24-13-31-12-22(33-24)26(35)36/h1-4,11-13,15-18,32H,5-10,14H2,(H,35,36). The number of aromatic carboxylic acids is 1. The molecule has 4 heterocycles. The average molecular weight is 529 g/mol. The SMILES string of the molecule is O=C(O)c1cncc(N2C3CCC2CC(OCc2c(-c4ccccc4OC(F)(F)F)c[nH]c2C2CC2)C3)n1. The molecule has 1 aliphatic carbocycles. The molecule has 2 N–H and O–H groups in total. The molecule has 3 aromatic rings. The average Bonchev–Trinajstić information content (AvgIpc) is 3.58. The summed E-state index contributed by atoms with van der Waals surface area (Å²) in [5.74, 6) is -0.420. The number of piperidine rings is 1. The molecule has 2 bridgehead atoms. The van der Waals surface area contributed by atoms with Crippen LogP contribution in [0.1, 0.15) is 66.2 Å². The number of aromatic amines is 1. The van der Waals surface area contributed by atoms with Gasteiger partial charge in [0.05, 0.1) is 25.1 Å². The summed E-state index contributed by atoms with van der Waals surface area (Å²) in [5.41, 5.74) is 2.84. The highest BCUT2D eigenvalue weighted by Gasteiger charge is 2.42. The number of hydrogen-bond acceptors (Lipinski definition) is 6. The quantitative estimate of drug-likeness (QED) is 0.389. The molecule has 0 amide bonds. The number of fused-ring (bicyclic) bond motifs is 2. The van der Waals surface area contributed by atoms with Gasteiger partial charge >= 0.3 is 12.3 Å². The van der Waals surface area contributed by atoms with Gasteiger partial charge in [-0.3, -0.25) is 4.98 Å². The van der Waals surface area contributed by atoms with Crippen LogP contribution in [-0.2, 0) is 11.3 Å². The molecule has 11 heteroatoms. The van der Waals surface area contributed by atoms with Crippen LogP contribution in [0.4, 0.5) is 19.0 Å². The van der Waals surface area contributed by atoms with Crippen molar-refractivity contribution in [2.45, 2.75) is 75.6 Å². The Hall–Kier alpha value is -3.60. The number of para-hydroxylation sites is 1. The van der Waals surface area contributed by atoms with Crippen LogP contribution < -0.4 is 9.64 Å². The van der Waals surface area contributed by atoms with Gasteiger partial charge in [0.25, 0.3) is 0 Å². The van der Waals surface area contributed by atoms with Crippen LogP contribution in [0.5, 0.6) is 5.75 Å². The summed E-state index contributed by atoms with van der Waals surface area (Å²) in [4.78, 5) is 25.2. The Labute approximate surface area is 216 Å². The Morgan fingerprint density at radius 3 is 2.50 bits per heavy atom. The monoisotopic (exact) mass is 528 g/mol. The number of H-pyrrole nitrogens is 1. The van der Waals surface area contributed by atoms with Crippen LogP contribution in [0, 0.1) is 0 Å². The first-order valence-electron chi connectivity index (χ1n) is 12.8. The molecule has 0 radical (unpaired) electrons. The predicted molar refractivity (Wildman–Crippen MR) is 131 cm³/mol. The van der Waals surface area contributed by atoms with Gasteiger partial charge in [0.1, 0.15) is 11.6 Å². The van der Waals surface area contributed by atoms with Gasteiger partial charge in [-0.2, -0.15) is 0 Å². The number of alkyl halides is 3. The second-order valence-electron chi connectivity index (χ2n) is 10.2. The lowest BCUT2D eigenvalue weighted by molar-refractivity contribution is -0.274. The lowest BCUT2D eigenvalue weighted by Crippen LogP contribution is -2.46. The van der Waals surface area contributed by atoms with Gasteiger partial charge in [0.15, 0.2) is 5.69 Å². The fourth-order valence-corrected chi connectivity index (χ4v) is 5.93. The van der Waals surface area contributed by atoms with E-state index in [2.05, 4.69) is 24.6 Å². The van der Waals surface area contributed by atoms with E-state index in [1.54, 1.807) is 24.5 Å². The van der Waals surface area contributed by atoms with Crippen LogP contribution in [-0.4, -0.2) is 50.6 Å². The molecule has 2 aromatic heterocycles. The van der Waals surface area contributed by atoms with Crippen LogP contribution in [0.15, 0.2) is 42.9 Å². The van der Waals surface area contributed by atoms with Crippen molar-refractivity contribution in [2.24, 2.45) is 0 Å². The summed E-state index contributed by atoms with van der Waals surface area (Å²) in [6, 6.07) is 6.50. The number of carboxylic acid groups (broad SMARTS) is 1. The number of ether oxygens (including phenoxy) is 2. The van der Waals surface area contributed by atoms with E-state index in [9.17, 15) is 23.1 Å². The number of aromatic nitrogens is 3. The van der Waals surface area contributed by atoms with E-state index in [0.717, 1.165) is 49.8 Å². The van der Waals surface area contributed by atoms with Gasteiger partial charge in [-0.15, -0.1) is 13.2 Å². The fraction of sp³-hybridized carbons (Fsp3) is 0.444. The Kier molecular flexibility index (Phi) is 6.25. The second-order valence-corrected chi connectivity index (χ2v) is 10.2. The lowest BCUT2D eigenvalue weighted by atomic mass is 9.98. The highest BCUT2D eigenvalue weighted by Crippen LogP contribution is 2.46. The molecule has 3 aliphatic rings. The van der Waals surface area contributed by atoms with Crippen molar-refractivity contribution in [3.63, 3.8) is 0 Å². The van der Waals surface area contributed by atoms with Gasteiger partial charge in [-0.1, -0.05) is 18.2 Å². The van der Waals surface area contributed by atoms with Gasteiger partial charge < -0.3 is 24.5 Å². The van der Waals surface area contributed by atoms with E-state index >= 15 is 0 Å². The van der Waals surface area contributed by atoms with Gasteiger partial charge in [-0.25, -0.2) is 9.78 Å². The zero-order valence-electron chi connectivity index (χ0n) is 20.4. The molecular formula is C27H27F3N4O4. The number of nitrogens with zero attached hydrogens (tertiary/aromatic N) is 3. The number of carbonyl (C=O) groups is 1. The van der Waals surface area contributed by atoms with Gasteiger partial charge in [0.2, 0.25) is 0 Å². The first kappa shape index (κ1) is 24.7. The third kappa shape index (κ3) is 4.94. The van der Waals surface area contributed by atoms with E-state index in [4.69, 9.17) is 4.74 Å². The molecule has 2 unspecified atom stereocenters. The summed E-state index contributed by atoms with van der Waals surface area (Å²) in [6.07, 6.45) is 5.26. The fourth-order valence-electron chi connectivity index (χ4n) is 5.93. The molecule has 2 aliphatic heterocycles. The Morgan fingerprint density at radius 1 is 1.08 bits per heavy atom. The van der Waals surface area contributed by atoms with Crippen molar-refractivity contribution in [1.82, 2.24) is 15.0 Å². The minimum absolute atomic E-state index is 0.0316. The number of anilines is 1. The molecule has 1 saturated carbocycles. The maximum Gasteiger partial charge on any atom is 0.573 e. The third-order valence-electron chi connectivity index (χ3n) is 7.67. The normalized spacial score (nSPS) is 23.0. The van der Waals surface area contributed by atoms with Crippen molar-refractivity contribution >= 4 is 11.8 Å². The number of carboxylic acids is 1. The van der Waals surface area contributed by atoms with E-state index in [1.807, 2.05) is 0 Å². The number of nitrogens with one attached hydrogen (secondary N) is 1. The first-order chi connectivity index (χ1) is 18.3. The maximum absolute atomic E-state index is 13.1. The smallest absolute Gasteiger partial charge is 0.476 e. The number of rotatable bonds is 8. The van der Waals surface area contributed by atoms with Crippen LogP contribution in [0.3, 0.4) is 0 Å². The minimum atomic E-state index is -4.79. The van der Waals surface area contributed by atoms with E-state index in [1.165, 1.54) is 18.3 Å². The largest absolute Gasteiger partial charge is 0.573 e. The molecule has 2 saturated heterocycles. The van der Waals surface area contributed by atoms with Crippen molar-refractivity contribution in [2.75, 3.05) is 4.90 Å². The Morgan fingerprint density at radius 2 is 1.82 bits per heavy atom. The molecule has 38 heavy (non-hydrogen) atoms. The molecule has 3 fully saturated rings. The van der Waals surface area contributed by atoms with Crippen LogP contribution in [0.2, 0.25) is 0 Å². The highest BCUT2D eigenvalue weighted by molar-refractivity contribution is 5.85. The lowest BCUT2D eigenvalue weighted by Gasteiger charge is -2.39. The summed E-state index contributed by atoms with van der Waals surface area (Å²) < 4.78 is 50.0. The predicted octanol–water partition coefficient (Wildman–Crippen LogP) is 5.66.